The summed E-state index contributed by atoms with van der Waals surface area (Å²) in [5, 5.41) is 2.94. The van der Waals surface area contributed by atoms with Gasteiger partial charge in [-0.3, -0.25) is 14.4 Å². The number of sulfone groups is 1. The van der Waals surface area contributed by atoms with Gasteiger partial charge in [0.1, 0.15) is 17.2 Å². The normalized spacial score (nSPS) is 25.9. The Bertz CT molecular complexity index is 1700. The Morgan fingerprint density at radius 3 is 2.17 bits per heavy atom. The lowest BCUT2D eigenvalue weighted by atomic mass is 9.57. The second-order valence-electron chi connectivity index (χ2n) is 14.1. The van der Waals surface area contributed by atoms with Crippen molar-refractivity contribution in [1.82, 2.24) is 5.32 Å². The Balaban J connectivity index is 1.41. The molecule has 48 heavy (non-hydrogen) atoms. The number of hydrogen-bond acceptors (Lipinski definition) is 8. The summed E-state index contributed by atoms with van der Waals surface area (Å²) in [4.78, 5) is 40.6. The number of carbonyl (C=O) groups excluding carboxylic acids is 3. The van der Waals surface area contributed by atoms with Crippen LogP contribution in [0.5, 0.6) is 5.75 Å². The van der Waals surface area contributed by atoms with Gasteiger partial charge in [0.05, 0.1) is 39.9 Å². The smallest absolute Gasteiger partial charge is 0.425 e. The number of anilines is 1. The fourth-order valence-corrected chi connectivity index (χ4v) is 8.12. The lowest BCUT2D eigenvalue weighted by molar-refractivity contribution is -0.189. The van der Waals surface area contributed by atoms with Crippen LogP contribution in [-0.4, -0.2) is 61.4 Å². The molecule has 3 fully saturated rings. The van der Waals surface area contributed by atoms with Gasteiger partial charge in [-0.25, -0.2) is 12.8 Å². The molecule has 3 N–H and O–H groups in total. The third-order valence-corrected chi connectivity index (χ3v) is 11.2. The predicted octanol–water partition coefficient (Wildman–Crippen LogP) is 4.97. The van der Waals surface area contributed by atoms with Crippen molar-refractivity contribution in [2.45, 2.75) is 107 Å². The number of alkyl halides is 3. The van der Waals surface area contributed by atoms with Gasteiger partial charge in [0.25, 0.3) is 5.91 Å². The maximum atomic E-state index is 15.6. The van der Waals surface area contributed by atoms with E-state index in [2.05, 4.69) is 5.32 Å². The van der Waals surface area contributed by atoms with E-state index in [1.165, 1.54) is 24.3 Å². The largest absolute Gasteiger partial charge is 0.481 e. The Labute approximate surface area is 276 Å². The van der Waals surface area contributed by atoms with Crippen LogP contribution in [0.3, 0.4) is 0 Å². The SMILES string of the molecule is CC(Oc1ccc(CN2C(=O)[C@@H](N)CS(=O)(=O)c3cc(F)c(C(=O)NC45CCC(C(=O)OC(C)(C)C)(CC4)CC5)cc32)cc1)C(F)(F)F. The summed E-state index contributed by atoms with van der Waals surface area (Å²) in [5.41, 5.74) is 3.60. The molecule has 0 radical (unpaired) electrons. The quantitative estimate of drug-likeness (QED) is 0.305. The molecular formula is C33H39F4N3O7S. The van der Waals surface area contributed by atoms with E-state index in [1.807, 2.05) is 0 Å². The Hall–Kier alpha value is -3.72. The van der Waals surface area contributed by atoms with E-state index in [0.29, 0.717) is 50.2 Å². The number of esters is 1. The molecule has 2 amide bonds. The minimum absolute atomic E-state index is 0.0837. The third kappa shape index (κ3) is 7.16. The monoisotopic (exact) mass is 697 g/mol. The summed E-state index contributed by atoms with van der Waals surface area (Å²) in [6, 6.07) is 5.56. The Morgan fingerprint density at radius 2 is 1.62 bits per heavy atom. The van der Waals surface area contributed by atoms with Gasteiger partial charge in [-0.2, -0.15) is 13.2 Å². The van der Waals surface area contributed by atoms with Crippen LogP contribution in [0, 0.1) is 11.2 Å². The van der Waals surface area contributed by atoms with Gasteiger partial charge >= 0.3 is 12.1 Å². The van der Waals surface area contributed by atoms with E-state index in [1.54, 1.807) is 20.8 Å². The van der Waals surface area contributed by atoms with Gasteiger partial charge in [-0.05, 0) is 96.0 Å². The summed E-state index contributed by atoms with van der Waals surface area (Å²) < 4.78 is 91.4. The second-order valence-corrected chi connectivity index (χ2v) is 16.1. The fourth-order valence-electron chi connectivity index (χ4n) is 6.56. The highest BCUT2D eigenvalue weighted by Crippen LogP contribution is 2.53. The van der Waals surface area contributed by atoms with Crippen LogP contribution in [-0.2, 0) is 30.7 Å². The molecule has 2 atom stereocenters. The van der Waals surface area contributed by atoms with Crippen LogP contribution in [0.1, 0.15) is 82.1 Å². The molecule has 2 bridgehead atoms. The molecule has 2 aromatic rings. The number of amides is 2. The molecule has 15 heteroatoms. The van der Waals surface area contributed by atoms with Crippen LogP contribution in [0.2, 0.25) is 0 Å². The van der Waals surface area contributed by atoms with Gasteiger partial charge in [0.15, 0.2) is 15.9 Å². The summed E-state index contributed by atoms with van der Waals surface area (Å²) in [6.07, 6.45) is -3.84. The Kier molecular flexibility index (Phi) is 9.13. The van der Waals surface area contributed by atoms with Crippen molar-refractivity contribution in [2.24, 2.45) is 11.1 Å². The molecule has 3 aliphatic carbocycles. The van der Waals surface area contributed by atoms with Gasteiger partial charge in [-0.1, -0.05) is 12.1 Å². The van der Waals surface area contributed by atoms with Crippen molar-refractivity contribution >= 4 is 33.3 Å². The first-order valence-corrected chi connectivity index (χ1v) is 17.3. The number of rotatable bonds is 7. The predicted molar refractivity (Wildman–Crippen MR) is 166 cm³/mol. The maximum absolute atomic E-state index is 15.6. The molecule has 1 heterocycles. The third-order valence-electron chi connectivity index (χ3n) is 9.40. The zero-order valence-corrected chi connectivity index (χ0v) is 27.9. The standard InChI is InChI=1S/C33H39F4N3O7S/c1-19(33(35,36)37)46-21-7-5-20(6-8-21)17-40-25-15-22(23(34)16-26(25)48(44,45)18-24(38)28(40)42)27(41)39-32-12-9-31(10-13-32,11-14-32)29(43)47-30(2,3)4/h5-8,15-16,19,24H,9-14,17-18,38H2,1-4H3,(H,39,41)/t19?,24-,31?,32?/m0/s1. The molecule has 0 spiro atoms. The number of hydrogen-bond donors (Lipinski definition) is 2. The van der Waals surface area contributed by atoms with Crippen LogP contribution >= 0.6 is 0 Å². The topological polar surface area (TPSA) is 145 Å². The van der Waals surface area contributed by atoms with E-state index in [4.69, 9.17) is 15.2 Å². The number of fused-ring (bicyclic) bond motifs is 4. The summed E-state index contributed by atoms with van der Waals surface area (Å²) in [5.74, 6) is -3.87. The van der Waals surface area contributed by atoms with Gasteiger partial charge in [0.2, 0.25) is 5.91 Å². The molecule has 1 aliphatic heterocycles. The fraction of sp³-hybridized carbons (Fsp3) is 0.545. The second kappa shape index (κ2) is 12.3. The van der Waals surface area contributed by atoms with Gasteiger partial charge in [-0.15, -0.1) is 0 Å². The van der Waals surface area contributed by atoms with E-state index >= 15 is 4.39 Å². The van der Waals surface area contributed by atoms with Gasteiger partial charge in [0, 0.05) is 5.54 Å². The van der Waals surface area contributed by atoms with Gasteiger partial charge < -0.3 is 25.4 Å². The molecule has 10 nitrogen and oxygen atoms in total. The van der Waals surface area contributed by atoms with Crippen LogP contribution in [0.25, 0.3) is 0 Å². The molecule has 0 aromatic heterocycles. The van der Waals surface area contributed by atoms with Crippen LogP contribution < -0.4 is 20.7 Å². The molecule has 1 unspecified atom stereocenters. The number of nitrogens with zero attached hydrogens (tertiary/aromatic N) is 1. The minimum Gasteiger partial charge on any atom is -0.481 e. The number of nitrogens with two attached hydrogens (primary N) is 1. The van der Waals surface area contributed by atoms with Crippen LogP contribution in [0.15, 0.2) is 41.3 Å². The van der Waals surface area contributed by atoms with E-state index in [9.17, 15) is 36.0 Å². The molecule has 3 saturated carbocycles. The number of halogens is 4. The van der Waals surface area contributed by atoms with Crippen molar-refractivity contribution in [3.63, 3.8) is 0 Å². The molecule has 4 aliphatic rings. The van der Waals surface area contributed by atoms with E-state index in [-0.39, 0.29) is 24.0 Å². The zero-order valence-electron chi connectivity index (χ0n) is 27.1. The highest BCUT2D eigenvalue weighted by atomic mass is 32.2. The van der Waals surface area contributed by atoms with Crippen LogP contribution in [0.4, 0.5) is 23.2 Å². The van der Waals surface area contributed by atoms with Crippen molar-refractivity contribution < 1.29 is 49.8 Å². The first-order chi connectivity index (χ1) is 22.1. The summed E-state index contributed by atoms with van der Waals surface area (Å²) >= 11 is 0. The van der Waals surface area contributed by atoms with Crippen molar-refractivity contribution in [3.8, 4) is 5.75 Å². The molecule has 2 aromatic carbocycles. The number of nitrogens with one attached hydrogen (secondary N) is 1. The molecule has 6 rings (SSSR count). The zero-order chi connectivity index (χ0) is 35.4. The average molecular weight is 698 g/mol. The maximum Gasteiger partial charge on any atom is 0.425 e. The number of carbonyl (C=O) groups is 3. The summed E-state index contributed by atoms with van der Waals surface area (Å²) in [7, 11) is -4.28. The molecule has 0 saturated heterocycles. The first-order valence-electron chi connectivity index (χ1n) is 15.7. The first kappa shape index (κ1) is 35.6. The van der Waals surface area contributed by atoms with Crippen molar-refractivity contribution in [3.05, 3.63) is 53.3 Å². The number of ether oxygens (including phenoxy) is 2. The average Bonchev–Trinajstić information content (AvgIpc) is 3.05. The summed E-state index contributed by atoms with van der Waals surface area (Å²) in [6.45, 7) is 5.97. The van der Waals surface area contributed by atoms with E-state index in [0.717, 1.165) is 17.9 Å². The lowest BCUT2D eigenvalue weighted by Crippen LogP contribution is -2.59. The minimum atomic E-state index is -4.58. The highest BCUT2D eigenvalue weighted by molar-refractivity contribution is 7.91. The van der Waals surface area contributed by atoms with Crippen molar-refractivity contribution in [1.29, 1.82) is 0 Å². The number of benzene rings is 2. The van der Waals surface area contributed by atoms with Crippen molar-refractivity contribution in [2.75, 3.05) is 10.7 Å². The molecule has 262 valence electrons. The highest BCUT2D eigenvalue weighted by Gasteiger charge is 2.54. The van der Waals surface area contributed by atoms with E-state index < -0.39 is 78.6 Å². The Morgan fingerprint density at radius 1 is 1.04 bits per heavy atom. The lowest BCUT2D eigenvalue weighted by Gasteiger charge is -2.52. The molecular weight excluding hydrogens is 658 g/mol.